The average Bonchev–Trinajstić information content (AvgIpc) is 2.58. The number of rotatable bonds is 6. The van der Waals surface area contributed by atoms with Gasteiger partial charge in [-0.25, -0.2) is 9.59 Å². The lowest BCUT2D eigenvalue weighted by atomic mass is 10.1. The van der Waals surface area contributed by atoms with E-state index < -0.39 is 23.7 Å². The van der Waals surface area contributed by atoms with E-state index in [2.05, 4.69) is 5.32 Å². The van der Waals surface area contributed by atoms with Gasteiger partial charge in [-0.15, -0.1) is 0 Å². The first-order valence-corrected chi connectivity index (χ1v) is 8.25. The zero-order valence-electron chi connectivity index (χ0n) is 15.1. The third-order valence-electron chi connectivity index (χ3n) is 3.37. The zero-order chi connectivity index (χ0) is 19.2. The van der Waals surface area contributed by atoms with Crippen LogP contribution < -0.4 is 10.1 Å². The Hall–Kier alpha value is -3.02. The highest BCUT2D eigenvalue weighted by Gasteiger charge is 2.24. The van der Waals surface area contributed by atoms with Gasteiger partial charge in [0.25, 0.3) is 0 Å². The van der Waals surface area contributed by atoms with E-state index in [1.807, 2.05) is 42.5 Å². The molecule has 0 aliphatic heterocycles. The maximum absolute atomic E-state index is 11.7. The predicted molar refractivity (Wildman–Crippen MR) is 98.2 cm³/mol. The van der Waals surface area contributed by atoms with E-state index >= 15 is 0 Å². The summed E-state index contributed by atoms with van der Waals surface area (Å²) >= 11 is 0. The monoisotopic (exact) mass is 357 g/mol. The van der Waals surface area contributed by atoms with Gasteiger partial charge < -0.3 is 19.9 Å². The number of hydrogen-bond acceptors (Lipinski definition) is 4. The lowest BCUT2D eigenvalue weighted by molar-refractivity contribution is -0.140. The number of aliphatic carboxylic acids is 1. The van der Waals surface area contributed by atoms with Crippen LogP contribution in [-0.2, 0) is 9.53 Å². The van der Waals surface area contributed by atoms with Crippen LogP contribution in [-0.4, -0.2) is 35.4 Å². The van der Waals surface area contributed by atoms with E-state index in [-0.39, 0.29) is 6.61 Å². The Bertz CT molecular complexity index is 735. The van der Waals surface area contributed by atoms with Crippen molar-refractivity contribution in [2.45, 2.75) is 32.4 Å². The molecule has 26 heavy (non-hydrogen) atoms. The minimum atomic E-state index is -1.21. The van der Waals surface area contributed by atoms with Crippen LogP contribution >= 0.6 is 0 Å². The number of benzene rings is 2. The summed E-state index contributed by atoms with van der Waals surface area (Å²) in [5, 5.41) is 11.5. The summed E-state index contributed by atoms with van der Waals surface area (Å²) in [4.78, 5) is 23.0. The smallest absolute Gasteiger partial charge is 0.408 e. The van der Waals surface area contributed by atoms with E-state index in [9.17, 15) is 14.7 Å². The molecule has 2 rings (SSSR count). The average molecular weight is 357 g/mol. The first-order chi connectivity index (χ1) is 12.2. The molecule has 0 unspecified atom stereocenters. The van der Waals surface area contributed by atoms with Gasteiger partial charge in [-0.05, 0) is 44.0 Å². The SMILES string of the molecule is CC(C)(C)OC(=O)N[C@@H](COc1ccc(-c2ccccc2)cc1)C(=O)O. The first kappa shape index (κ1) is 19.3. The van der Waals surface area contributed by atoms with Crippen molar-refractivity contribution < 1.29 is 24.2 Å². The lowest BCUT2D eigenvalue weighted by Crippen LogP contribution is -2.46. The number of amides is 1. The molecule has 0 radical (unpaired) electrons. The standard InChI is InChI=1S/C20H23NO5/c1-20(2,3)26-19(24)21-17(18(22)23)13-25-16-11-9-15(10-12-16)14-7-5-4-6-8-14/h4-12,17H,13H2,1-3H3,(H,21,24)(H,22,23)/t17-/m0/s1. The molecule has 6 nitrogen and oxygen atoms in total. The maximum atomic E-state index is 11.7. The second-order valence-corrected chi connectivity index (χ2v) is 6.74. The van der Waals surface area contributed by atoms with Crippen molar-refractivity contribution in [1.82, 2.24) is 5.32 Å². The van der Waals surface area contributed by atoms with Crippen molar-refractivity contribution in [2.75, 3.05) is 6.61 Å². The summed E-state index contributed by atoms with van der Waals surface area (Å²) in [6.45, 7) is 4.90. The molecular weight excluding hydrogens is 334 g/mol. The predicted octanol–water partition coefficient (Wildman–Crippen LogP) is 3.71. The molecule has 0 aliphatic rings. The van der Waals surface area contributed by atoms with Gasteiger partial charge in [0.05, 0.1) is 0 Å². The number of hydrogen-bond donors (Lipinski definition) is 2. The van der Waals surface area contributed by atoms with Crippen molar-refractivity contribution in [3.8, 4) is 16.9 Å². The molecule has 2 N–H and O–H groups in total. The molecule has 0 spiro atoms. The van der Waals surface area contributed by atoms with Gasteiger partial charge >= 0.3 is 12.1 Å². The third kappa shape index (κ3) is 6.12. The van der Waals surface area contributed by atoms with Crippen LogP contribution in [0.4, 0.5) is 4.79 Å². The van der Waals surface area contributed by atoms with Crippen molar-refractivity contribution in [1.29, 1.82) is 0 Å². The van der Waals surface area contributed by atoms with E-state index in [1.54, 1.807) is 32.9 Å². The Labute approximate surface area is 152 Å². The Kier molecular flexibility index (Phi) is 6.22. The molecule has 0 heterocycles. The van der Waals surface area contributed by atoms with Crippen molar-refractivity contribution in [3.05, 3.63) is 54.6 Å². The van der Waals surface area contributed by atoms with Crippen LogP contribution in [0.15, 0.2) is 54.6 Å². The highest BCUT2D eigenvalue weighted by atomic mass is 16.6. The third-order valence-corrected chi connectivity index (χ3v) is 3.37. The molecule has 1 amide bonds. The molecule has 2 aromatic carbocycles. The Balaban J connectivity index is 1.94. The van der Waals surface area contributed by atoms with E-state index in [0.29, 0.717) is 5.75 Å². The molecule has 0 saturated carbocycles. The van der Waals surface area contributed by atoms with Gasteiger partial charge in [-0.1, -0.05) is 42.5 Å². The van der Waals surface area contributed by atoms with E-state index in [1.165, 1.54) is 0 Å². The van der Waals surface area contributed by atoms with Gasteiger partial charge in [0.15, 0.2) is 6.04 Å². The second-order valence-electron chi connectivity index (χ2n) is 6.74. The highest BCUT2D eigenvalue weighted by molar-refractivity contribution is 5.80. The molecule has 0 fully saturated rings. The molecule has 138 valence electrons. The first-order valence-electron chi connectivity index (χ1n) is 8.25. The quantitative estimate of drug-likeness (QED) is 0.823. The van der Waals surface area contributed by atoms with Gasteiger partial charge in [0.2, 0.25) is 0 Å². The van der Waals surface area contributed by atoms with Crippen LogP contribution in [0.25, 0.3) is 11.1 Å². The minimum Gasteiger partial charge on any atom is -0.491 e. The largest absolute Gasteiger partial charge is 0.491 e. The fourth-order valence-corrected chi connectivity index (χ4v) is 2.18. The van der Waals surface area contributed by atoms with Gasteiger partial charge in [-0.2, -0.15) is 0 Å². The Morgan fingerprint density at radius 2 is 1.58 bits per heavy atom. The van der Waals surface area contributed by atoms with Crippen molar-refractivity contribution >= 4 is 12.1 Å². The number of carboxylic acids is 1. The Morgan fingerprint density at radius 3 is 2.12 bits per heavy atom. The molecule has 0 bridgehead atoms. The van der Waals surface area contributed by atoms with Gasteiger partial charge in [0.1, 0.15) is 18.0 Å². The van der Waals surface area contributed by atoms with E-state index in [0.717, 1.165) is 11.1 Å². The topological polar surface area (TPSA) is 84.9 Å². The van der Waals surface area contributed by atoms with E-state index in [4.69, 9.17) is 9.47 Å². The summed E-state index contributed by atoms with van der Waals surface area (Å²) in [5.41, 5.74) is 1.40. The molecule has 6 heteroatoms. The van der Waals surface area contributed by atoms with Crippen LogP contribution in [0.5, 0.6) is 5.75 Å². The molecule has 0 aromatic heterocycles. The van der Waals surface area contributed by atoms with Crippen LogP contribution in [0.3, 0.4) is 0 Å². The minimum absolute atomic E-state index is 0.209. The Morgan fingerprint density at radius 1 is 1.00 bits per heavy atom. The van der Waals surface area contributed by atoms with Crippen LogP contribution in [0, 0.1) is 0 Å². The molecule has 1 atom stereocenters. The number of carboxylic acid groups (broad SMARTS) is 1. The second kappa shape index (κ2) is 8.38. The van der Waals surface area contributed by atoms with Crippen molar-refractivity contribution in [3.63, 3.8) is 0 Å². The number of alkyl carbamates (subject to hydrolysis) is 1. The van der Waals surface area contributed by atoms with Gasteiger partial charge in [0, 0.05) is 0 Å². The maximum Gasteiger partial charge on any atom is 0.408 e. The van der Waals surface area contributed by atoms with Crippen LogP contribution in [0.1, 0.15) is 20.8 Å². The summed E-state index contributed by atoms with van der Waals surface area (Å²) < 4.78 is 10.6. The fourth-order valence-electron chi connectivity index (χ4n) is 2.18. The summed E-state index contributed by atoms with van der Waals surface area (Å²) in [5.74, 6) is -0.682. The zero-order valence-corrected chi connectivity index (χ0v) is 15.1. The molecular formula is C20H23NO5. The van der Waals surface area contributed by atoms with Gasteiger partial charge in [-0.3, -0.25) is 0 Å². The van der Waals surface area contributed by atoms with Crippen LogP contribution in [0.2, 0.25) is 0 Å². The number of ether oxygens (including phenoxy) is 2. The molecule has 0 saturated heterocycles. The number of carbonyl (C=O) groups is 2. The number of carbonyl (C=O) groups excluding carboxylic acids is 1. The lowest BCUT2D eigenvalue weighted by Gasteiger charge is -2.22. The normalized spacial score (nSPS) is 12.1. The van der Waals surface area contributed by atoms with Crippen molar-refractivity contribution in [2.24, 2.45) is 0 Å². The molecule has 0 aliphatic carbocycles. The summed E-state index contributed by atoms with van der Waals surface area (Å²) in [7, 11) is 0. The fraction of sp³-hybridized carbons (Fsp3) is 0.300. The number of nitrogens with one attached hydrogen (secondary N) is 1. The summed E-state index contributed by atoms with van der Waals surface area (Å²) in [6, 6.07) is 16.0. The summed E-state index contributed by atoms with van der Waals surface area (Å²) in [6.07, 6.45) is -0.798. The molecule has 2 aromatic rings. The highest BCUT2D eigenvalue weighted by Crippen LogP contribution is 2.22.